The van der Waals surface area contributed by atoms with Gasteiger partial charge in [-0.1, -0.05) is 38.4 Å². The normalized spacial score (nSPS) is 11.4. The van der Waals surface area contributed by atoms with Crippen molar-refractivity contribution < 1.29 is 14.6 Å². The second-order valence-corrected chi connectivity index (χ2v) is 5.70. The van der Waals surface area contributed by atoms with Crippen LogP contribution in [0.1, 0.15) is 38.3 Å². The van der Waals surface area contributed by atoms with Gasteiger partial charge in [0, 0.05) is 6.42 Å². The highest BCUT2D eigenvalue weighted by atomic mass is 35.5. The second-order valence-electron chi connectivity index (χ2n) is 5.29. The molecule has 0 aliphatic rings. The van der Waals surface area contributed by atoms with Crippen molar-refractivity contribution in [2.24, 2.45) is 0 Å². The number of aryl methyl sites for hydroxylation is 1. The third kappa shape index (κ3) is 3.64. The van der Waals surface area contributed by atoms with Crippen LogP contribution in [-0.2, 0) is 16.6 Å². The maximum absolute atomic E-state index is 10.7. The fourth-order valence-electron chi connectivity index (χ4n) is 1.74. The van der Waals surface area contributed by atoms with Crippen molar-refractivity contribution in [3.8, 4) is 5.75 Å². The van der Waals surface area contributed by atoms with E-state index in [0.29, 0.717) is 17.2 Å². The fraction of sp³-hybridized carbons (Fsp3) is 0.500. The van der Waals surface area contributed by atoms with Gasteiger partial charge < -0.3 is 9.84 Å². The Bertz CT molecular complexity index is 447. The Kier molecular flexibility index (Phi) is 4.63. The summed E-state index contributed by atoms with van der Waals surface area (Å²) in [6.07, 6.45) is 0.489. The van der Waals surface area contributed by atoms with E-state index in [1.807, 2.05) is 12.1 Å². The summed E-state index contributed by atoms with van der Waals surface area (Å²) in [6.45, 7) is 6.27. The van der Waals surface area contributed by atoms with Gasteiger partial charge in [0.25, 0.3) is 0 Å². The molecule has 0 fully saturated rings. The molecule has 1 aromatic carbocycles. The van der Waals surface area contributed by atoms with Crippen molar-refractivity contribution in [3.05, 3.63) is 28.3 Å². The Morgan fingerprint density at radius 2 is 2.00 bits per heavy atom. The first-order chi connectivity index (χ1) is 8.25. The second kappa shape index (κ2) is 5.61. The van der Waals surface area contributed by atoms with E-state index in [-0.39, 0.29) is 11.8 Å². The Labute approximate surface area is 113 Å². The van der Waals surface area contributed by atoms with E-state index in [9.17, 15) is 4.79 Å². The lowest BCUT2D eigenvalue weighted by atomic mass is 9.85. The molecule has 4 heteroatoms. The molecule has 1 aromatic rings. The Morgan fingerprint density at radius 3 is 2.44 bits per heavy atom. The van der Waals surface area contributed by atoms with Gasteiger partial charge in [-0.3, -0.25) is 4.79 Å². The molecule has 1 rings (SSSR count). The van der Waals surface area contributed by atoms with Crippen molar-refractivity contribution in [3.63, 3.8) is 0 Å². The first-order valence-electron chi connectivity index (χ1n) is 5.84. The summed E-state index contributed by atoms with van der Waals surface area (Å²) in [5.74, 6) is -0.250. The number of methoxy groups -OCH3 is 1. The summed E-state index contributed by atoms with van der Waals surface area (Å²) in [4.78, 5) is 10.7. The average molecular weight is 271 g/mol. The van der Waals surface area contributed by atoms with Crippen LogP contribution in [0.3, 0.4) is 0 Å². The molecule has 0 aliphatic carbocycles. The van der Waals surface area contributed by atoms with Gasteiger partial charge in [-0.25, -0.2) is 0 Å². The Morgan fingerprint density at radius 1 is 1.39 bits per heavy atom. The highest BCUT2D eigenvalue weighted by molar-refractivity contribution is 6.32. The van der Waals surface area contributed by atoms with Crippen LogP contribution in [0.25, 0.3) is 0 Å². The minimum absolute atomic E-state index is 0.0338. The van der Waals surface area contributed by atoms with E-state index in [4.69, 9.17) is 21.4 Å². The first kappa shape index (κ1) is 14.8. The van der Waals surface area contributed by atoms with Crippen molar-refractivity contribution in [1.82, 2.24) is 0 Å². The van der Waals surface area contributed by atoms with Crippen LogP contribution >= 0.6 is 11.6 Å². The van der Waals surface area contributed by atoms with Gasteiger partial charge in [0.1, 0.15) is 5.75 Å². The molecule has 0 aliphatic heterocycles. The topological polar surface area (TPSA) is 46.5 Å². The zero-order valence-electron chi connectivity index (χ0n) is 11.2. The van der Waals surface area contributed by atoms with Gasteiger partial charge in [0.15, 0.2) is 0 Å². The van der Waals surface area contributed by atoms with Gasteiger partial charge >= 0.3 is 5.97 Å². The van der Waals surface area contributed by atoms with Gasteiger partial charge in [0.2, 0.25) is 0 Å². The number of carboxylic acid groups (broad SMARTS) is 1. The number of halogens is 1. The van der Waals surface area contributed by atoms with E-state index in [1.165, 1.54) is 0 Å². The molecule has 0 spiro atoms. The average Bonchev–Trinajstić information content (AvgIpc) is 2.24. The number of benzene rings is 1. The Balaban J connectivity index is 3.19. The molecule has 0 radical (unpaired) electrons. The molecule has 0 unspecified atom stereocenters. The van der Waals surface area contributed by atoms with Crippen LogP contribution in [0.2, 0.25) is 5.02 Å². The number of carboxylic acids is 1. The number of aliphatic carboxylic acids is 1. The van der Waals surface area contributed by atoms with Gasteiger partial charge in [-0.2, -0.15) is 0 Å². The summed E-state index contributed by atoms with van der Waals surface area (Å²) < 4.78 is 5.25. The minimum atomic E-state index is -0.825. The number of hydrogen-bond donors (Lipinski definition) is 1. The lowest BCUT2D eigenvalue weighted by Crippen LogP contribution is -2.12. The van der Waals surface area contributed by atoms with Crippen LogP contribution in [0, 0.1) is 0 Å². The van der Waals surface area contributed by atoms with Crippen LogP contribution in [0.5, 0.6) is 5.75 Å². The third-order valence-corrected chi connectivity index (χ3v) is 3.08. The third-order valence-electron chi connectivity index (χ3n) is 2.80. The lowest BCUT2D eigenvalue weighted by Gasteiger charge is -2.22. The smallest absolute Gasteiger partial charge is 0.303 e. The molecule has 0 atom stereocenters. The summed E-state index contributed by atoms with van der Waals surface area (Å²) >= 11 is 6.18. The van der Waals surface area contributed by atoms with Gasteiger partial charge in [-0.05, 0) is 29.0 Å². The molecule has 0 aromatic heterocycles. The molecular formula is C14H19ClO3. The maximum Gasteiger partial charge on any atom is 0.303 e. The molecule has 0 saturated carbocycles. The van der Waals surface area contributed by atoms with Crippen molar-refractivity contribution in [1.29, 1.82) is 0 Å². The summed E-state index contributed by atoms with van der Waals surface area (Å²) in [5.41, 5.74) is 1.89. The van der Waals surface area contributed by atoms with Crippen molar-refractivity contribution in [2.45, 2.75) is 39.0 Å². The van der Waals surface area contributed by atoms with Crippen LogP contribution in [0.4, 0.5) is 0 Å². The first-order valence-corrected chi connectivity index (χ1v) is 6.22. The minimum Gasteiger partial charge on any atom is -0.495 e. The fourth-order valence-corrected chi connectivity index (χ4v) is 2.06. The van der Waals surface area contributed by atoms with Crippen molar-refractivity contribution in [2.75, 3.05) is 7.11 Å². The number of rotatable bonds is 4. The number of hydrogen-bond acceptors (Lipinski definition) is 2. The van der Waals surface area contributed by atoms with Crippen molar-refractivity contribution >= 4 is 17.6 Å². The molecule has 100 valence electrons. The standard InChI is InChI=1S/C14H19ClO3/c1-14(2,3)10-7-9(5-6-12(16)17)13(18-4)11(15)8-10/h7-8H,5-6H2,1-4H3,(H,16,17). The monoisotopic (exact) mass is 270 g/mol. The highest BCUT2D eigenvalue weighted by Gasteiger charge is 2.19. The zero-order chi connectivity index (χ0) is 13.9. The van der Waals surface area contributed by atoms with Gasteiger partial charge in [-0.15, -0.1) is 0 Å². The van der Waals surface area contributed by atoms with Crippen LogP contribution < -0.4 is 4.74 Å². The van der Waals surface area contributed by atoms with Crippen LogP contribution in [-0.4, -0.2) is 18.2 Å². The molecule has 18 heavy (non-hydrogen) atoms. The summed E-state index contributed by atoms with van der Waals surface area (Å²) in [5, 5.41) is 9.30. The van der Waals surface area contributed by atoms with Gasteiger partial charge in [0.05, 0.1) is 12.1 Å². The molecule has 0 heterocycles. The lowest BCUT2D eigenvalue weighted by molar-refractivity contribution is -0.136. The quantitative estimate of drug-likeness (QED) is 0.908. The van der Waals surface area contributed by atoms with Crippen LogP contribution in [0.15, 0.2) is 12.1 Å². The molecule has 3 nitrogen and oxygen atoms in total. The van der Waals surface area contributed by atoms with E-state index < -0.39 is 5.97 Å². The molecule has 0 saturated heterocycles. The van der Waals surface area contributed by atoms with E-state index in [2.05, 4.69) is 20.8 Å². The predicted molar refractivity (Wildman–Crippen MR) is 72.7 cm³/mol. The van der Waals surface area contributed by atoms with E-state index >= 15 is 0 Å². The largest absolute Gasteiger partial charge is 0.495 e. The Hall–Kier alpha value is -1.22. The molecule has 0 amide bonds. The zero-order valence-corrected chi connectivity index (χ0v) is 12.0. The molecular weight excluding hydrogens is 252 g/mol. The predicted octanol–water partition coefficient (Wildman–Crippen LogP) is 3.66. The summed E-state index contributed by atoms with van der Waals surface area (Å²) in [7, 11) is 1.54. The number of carbonyl (C=O) groups is 1. The maximum atomic E-state index is 10.7. The molecule has 1 N–H and O–H groups in total. The highest BCUT2D eigenvalue weighted by Crippen LogP contribution is 2.35. The number of ether oxygens (including phenoxy) is 1. The van der Waals surface area contributed by atoms with E-state index in [1.54, 1.807) is 7.11 Å². The SMILES string of the molecule is COc1c(Cl)cc(C(C)(C)C)cc1CCC(=O)O. The van der Waals surface area contributed by atoms with E-state index in [0.717, 1.165) is 11.1 Å². The molecule has 0 bridgehead atoms. The summed E-state index contributed by atoms with van der Waals surface area (Å²) in [6, 6.07) is 3.86.